The van der Waals surface area contributed by atoms with E-state index in [0.717, 1.165) is 0 Å². The summed E-state index contributed by atoms with van der Waals surface area (Å²) in [4.78, 5) is 26.9. The van der Waals surface area contributed by atoms with Gasteiger partial charge in [-0.3, -0.25) is 9.69 Å². The van der Waals surface area contributed by atoms with E-state index in [2.05, 4.69) is 0 Å². The van der Waals surface area contributed by atoms with Gasteiger partial charge in [0.15, 0.2) is 0 Å². The molecule has 6 nitrogen and oxygen atoms in total. The third-order valence-electron chi connectivity index (χ3n) is 3.46. The van der Waals surface area contributed by atoms with Crippen molar-refractivity contribution >= 4 is 12.1 Å². The summed E-state index contributed by atoms with van der Waals surface area (Å²) in [6.45, 7) is 12.1. The number of carbonyl (C=O) groups excluding carboxylic acids is 1. The van der Waals surface area contributed by atoms with Crippen molar-refractivity contribution in [1.29, 1.82) is 0 Å². The molecule has 3 atom stereocenters. The number of rotatable bonds is 2. The highest BCUT2D eigenvalue weighted by Gasteiger charge is 2.37. The molecule has 20 heavy (non-hydrogen) atoms. The Hall–Kier alpha value is -1.30. The number of nitrogens with zero attached hydrogens (tertiary/aromatic N) is 2. The fourth-order valence-electron chi connectivity index (χ4n) is 2.51. The van der Waals surface area contributed by atoms with Gasteiger partial charge >= 0.3 is 12.1 Å². The van der Waals surface area contributed by atoms with Crippen molar-refractivity contribution in [3.63, 3.8) is 0 Å². The van der Waals surface area contributed by atoms with Gasteiger partial charge in [-0.05, 0) is 41.5 Å². The van der Waals surface area contributed by atoms with Crippen LogP contribution in [-0.2, 0) is 9.53 Å². The largest absolute Gasteiger partial charge is 0.480 e. The molecule has 1 heterocycles. The van der Waals surface area contributed by atoms with Crippen LogP contribution in [0, 0.1) is 0 Å². The van der Waals surface area contributed by atoms with Gasteiger partial charge in [0, 0.05) is 25.2 Å². The summed E-state index contributed by atoms with van der Waals surface area (Å²) in [5, 5.41) is 9.09. The zero-order chi connectivity index (χ0) is 15.7. The fourth-order valence-corrected chi connectivity index (χ4v) is 2.51. The van der Waals surface area contributed by atoms with E-state index in [-0.39, 0.29) is 18.2 Å². The quantitative estimate of drug-likeness (QED) is 0.838. The lowest BCUT2D eigenvalue weighted by Gasteiger charge is -2.45. The lowest BCUT2D eigenvalue weighted by molar-refractivity contribution is -0.144. The maximum Gasteiger partial charge on any atom is 0.410 e. The average Bonchev–Trinajstić information content (AvgIpc) is 2.23. The van der Waals surface area contributed by atoms with Gasteiger partial charge in [-0.15, -0.1) is 0 Å². The molecule has 1 rings (SSSR count). The summed E-state index contributed by atoms with van der Waals surface area (Å²) in [5.41, 5.74) is -0.526. The Labute approximate surface area is 120 Å². The molecular formula is C14H26N2O4. The van der Waals surface area contributed by atoms with Crippen molar-refractivity contribution in [3.05, 3.63) is 0 Å². The van der Waals surface area contributed by atoms with E-state index in [4.69, 9.17) is 9.84 Å². The first-order valence-corrected chi connectivity index (χ1v) is 7.01. The van der Waals surface area contributed by atoms with E-state index in [0.29, 0.717) is 13.1 Å². The molecule has 0 aromatic heterocycles. The van der Waals surface area contributed by atoms with E-state index in [1.807, 2.05) is 39.5 Å². The summed E-state index contributed by atoms with van der Waals surface area (Å²) in [6.07, 6.45) is -0.333. The van der Waals surface area contributed by atoms with Crippen LogP contribution in [-0.4, -0.2) is 63.8 Å². The monoisotopic (exact) mass is 286 g/mol. The van der Waals surface area contributed by atoms with Crippen molar-refractivity contribution < 1.29 is 19.4 Å². The first-order valence-electron chi connectivity index (χ1n) is 7.01. The Bertz CT molecular complexity index is 366. The number of aliphatic carboxylic acids is 1. The first-order chi connectivity index (χ1) is 9.03. The molecule has 0 aromatic rings. The molecule has 0 aromatic carbocycles. The third kappa shape index (κ3) is 4.10. The molecule has 1 unspecified atom stereocenters. The van der Waals surface area contributed by atoms with Crippen molar-refractivity contribution in [2.24, 2.45) is 0 Å². The second-order valence-electron chi connectivity index (χ2n) is 6.55. The number of hydrogen-bond acceptors (Lipinski definition) is 4. The molecule has 0 bridgehead atoms. The van der Waals surface area contributed by atoms with Crippen molar-refractivity contribution in [2.75, 3.05) is 13.1 Å². The Morgan fingerprint density at radius 2 is 1.65 bits per heavy atom. The highest BCUT2D eigenvalue weighted by atomic mass is 16.6. The smallest absolute Gasteiger partial charge is 0.410 e. The van der Waals surface area contributed by atoms with Gasteiger partial charge in [-0.2, -0.15) is 0 Å². The second kappa shape index (κ2) is 5.99. The summed E-state index contributed by atoms with van der Waals surface area (Å²) in [7, 11) is 0. The van der Waals surface area contributed by atoms with E-state index in [1.165, 1.54) is 0 Å². The minimum Gasteiger partial charge on any atom is -0.480 e. The zero-order valence-electron chi connectivity index (χ0n) is 13.2. The number of carboxylic acid groups (broad SMARTS) is 1. The van der Waals surface area contributed by atoms with Gasteiger partial charge in [0.25, 0.3) is 0 Å². The van der Waals surface area contributed by atoms with Crippen LogP contribution in [0.5, 0.6) is 0 Å². The Morgan fingerprint density at radius 1 is 1.20 bits per heavy atom. The highest BCUT2D eigenvalue weighted by Crippen LogP contribution is 2.21. The molecule has 1 aliphatic heterocycles. The lowest BCUT2D eigenvalue weighted by atomic mass is 10.1. The van der Waals surface area contributed by atoms with Crippen LogP contribution in [0.25, 0.3) is 0 Å². The van der Waals surface area contributed by atoms with Crippen LogP contribution >= 0.6 is 0 Å². The first kappa shape index (κ1) is 16.8. The number of carboxylic acids is 1. The van der Waals surface area contributed by atoms with Crippen LogP contribution in [0.2, 0.25) is 0 Å². The van der Waals surface area contributed by atoms with Crippen LogP contribution in [0.15, 0.2) is 0 Å². The number of piperazine rings is 1. The molecule has 1 fully saturated rings. The maximum atomic E-state index is 12.2. The van der Waals surface area contributed by atoms with Gasteiger partial charge in [0.05, 0.1) is 0 Å². The third-order valence-corrected chi connectivity index (χ3v) is 3.46. The molecule has 6 heteroatoms. The Kier molecular flexibility index (Phi) is 5.02. The fraction of sp³-hybridized carbons (Fsp3) is 0.857. The average molecular weight is 286 g/mol. The predicted octanol–water partition coefficient (Wildman–Crippen LogP) is 1.79. The van der Waals surface area contributed by atoms with Crippen LogP contribution in [0.3, 0.4) is 0 Å². The molecular weight excluding hydrogens is 260 g/mol. The van der Waals surface area contributed by atoms with E-state index < -0.39 is 17.6 Å². The molecule has 0 aliphatic carbocycles. The van der Waals surface area contributed by atoms with Crippen molar-refractivity contribution in [2.45, 2.75) is 65.3 Å². The topological polar surface area (TPSA) is 70.1 Å². The molecule has 116 valence electrons. The van der Waals surface area contributed by atoms with Crippen LogP contribution in [0.4, 0.5) is 4.79 Å². The summed E-state index contributed by atoms with van der Waals surface area (Å²) in [5.74, 6) is -0.838. The van der Waals surface area contributed by atoms with Gasteiger partial charge in [0.2, 0.25) is 0 Å². The Balaban J connectivity index is 2.75. The predicted molar refractivity (Wildman–Crippen MR) is 75.7 cm³/mol. The van der Waals surface area contributed by atoms with Gasteiger partial charge in [-0.25, -0.2) is 4.79 Å². The van der Waals surface area contributed by atoms with E-state index in [1.54, 1.807) is 11.8 Å². The van der Waals surface area contributed by atoms with Gasteiger partial charge < -0.3 is 14.7 Å². The lowest BCUT2D eigenvalue weighted by Crippen LogP contribution is -2.61. The van der Waals surface area contributed by atoms with Crippen molar-refractivity contribution in [1.82, 2.24) is 9.80 Å². The van der Waals surface area contributed by atoms with E-state index in [9.17, 15) is 9.59 Å². The molecule has 0 radical (unpaired) electrons. The molecule has 1 aliphatic rings. The molecule has 1 amide bonds. The molecule has 0 saturated carbocycles. The minimum absolute atomic E-state index is 0.0737. The Morgan fingerprint density at radius 3 is 2.00 bits per heavy atom. The van der Waals surface area contributed by atoms with Gasteiger partial charge in [-0.1, -0.05) is 0 Å². The molecule has 1 saturated heterocycles. The maximum absolute atomic E-state index is 12.2. The highest BCUT2D eigenvalue weighted by molar-refractivity contribution is 5.73. The van der Waals surface area contributed by atoms with E-state index >= 15 is 0 Å². The number of hydrogen-bond donors (Lipinski definition) is 1. The SMILES string of the molecule is CC(C(=O)O)N1C[C@H](C)N(C(=O)OC(C)(C)C)[C@@H](C)C1. The van der Waals surface area contributed by atoms with Crippen LogP contribution in [0.1, 0.15) is 41.5 Å². The normalized spacial score (nSPS) is 26.2. The summed E-state index contributed by atoms with van der Waals surface area (Å²) in [6, 6.07) is -0.688. The van der Waals surface area contributed by atoms with Gasteiger partial charge in [0.1, 0.15) is 11.6 Å². The zero-order valence-corrected chi connectivity index (χ0v) is 13.2. The number of carbonyl (C=O) groups is 2. The number of ether oxygens (including phenoxy) is 1. The summed E-state index contributed by atoms with van der Waals surface area (Å²) < 4.78 is 5.41. The minimum atomic E-state index is -0.838. The molecule has 0 spiro atoms. The van der Waals surface area contributed by atoms with Crippen LogP contribution < -0.4 is 0 Å². The standard InChI is InChI=1S/C14H26N2O4/c1-9-7-15(11(3)12(17)18)8-10(2)16(9)13(19)20-14(4,5)6/h9-11H,7-8H2,1-6H3,(H,17,18)/t9-,10-,11?/m0/s1. The summed E-state index contributed by atoms with van der Waals surface area (Å²) >= 11 is 0. The second-order valence-corrected chi connectivity index (χ2v) is 6.55. The molecule has 1 N–H and O–H groups in total. The van der Waals surface area contributed by atoms with Crippen molar-refractivity contribution in [3.8, 4) is 0 Å². The number of amides is 1.